The second kappa shape index (κ2) is 3.57. The van der Waals surface area contributed by atoms with Crippen molar-refractivity contribution in [3.05, 3.63) is 0 Å². The van der Waals surface area contributed by atoms with E-state index in [1.165, 1.54) is 0 Å². The highest BCUT2D eigenvalue weighted by molar-refractivity contribution is 7.91. The van der Waals surface area contributed by atoms with E-state index in [0.29, 0.717) is 0 Å². The molecule has 7 heteroatoms. The third-order valence-electron chi connectivity index (χ3n) is 2.78. The number of alkyl halides is 2. The van der Waals surface area contributed by atoms with Crippen molar-refractivity contribution < 1.29 is 17.2 Å². The van der Waals surface area contributed by atoms with E-state index in [9.17, 15) is 17.2 Å². The Morgan fingerprint density at radius 1 is 1.14 bits per heavy atom. The molecule has 0 radical (unpaired) electrons. The van der Waals surface area contributed by atoms with Crippen molar-refractivity contribution in [2.75, 3.05) is 24.6 Å². The molecule has 14 heavy (non-hydrogen) atoms. The minimum absolute atomic E-state index is 0. The molecule has 0 aromatic heterocycles. The number of sulfone groups is 1. The third-order valence-corrected chi connectivity index (χ3v) is 4.60. The van der Waals surface area contributed by atoms with E-state index in [2.05, 4.69) is 5.32 Å². The van der Waals surface area contributed by atoms with Crippen LogP contribution in [0.5, 0.6) is 0 Å². The molecule has 2 unspecified atom stereocenters. The van der Waals surface area contributed by atoms with E-state index in [-0.39, 0.29) is 37.0 Å². The van der Waals surface area contributed by atoms with Crippen molar-refractivity contribution in [2.24, 2.45) is 11.8 Å². The number of piperidine rings is 1. The molecule has 2 aliphatic heterocycles. The molecule has 2 bridgehead atoms. The second-order valence-corrected chi connectivity index (χ2v) is 5.96. The molecule has 0 aliphatic carbocycles. The first-order valence-corrected chi connectivity index (χ1v) is 6.03. The summed E-state index contributed by atoms with van der Waals surface area (Å²) in [5.74, 6) is -5.58. The van der Waals surface area contributed by atoms with Crippen molar-refractivity contribution in [1.82, 2.24) is 5.32 Å². The molecular weight excluding hydrogens is 236 g/mol. The lowest BCUT2D eigenvalue weighted by molar-refractivity contribution is -0.113. The summed E-state index contributed by atoms with van der Waals surface area (Å²) in [6, 6.07) is 0. The van der Waals surface area contributed by atoms with Crippen molar-refractivity contribution in [1.29, 1.82) is 0 Å². The third kappa shape index (κ3) is 1.87. The highest BCUT2D eigenvalue weighted by Crippen LogP contribution is 2.40. The van der Waals surface area contributed by atoms with Crippen LogP contribution < -0.4 is 5.32 Å². The van der Waals surface area contributed by atoms with Crippen molar-refractivity contribution >= 4 is 22.2 Å². The average molecular weight is 248 g/mol. The first-order valence-electron chi connectivity index (χ1n) is 4.21. The zero-order valence-electron chi connectivity index (χ0n) is 7.37. The van der Waals surface area contributed by atoms with Gasteiger partial charge in [0.15, 0.2) is 9.84 Å². The van der Waals surface area contributed by atoms with Gasteiger partial charge in [0.25, 0.3) is 5.92 Å². The molecule has 0 spiro atoms. The number of halogens is 3. The normalized spacial score (nSPS) is 38.4. The molecule has 0 aromatic carbocycles. The number of nitrogens with one attached hydrogen (secondary N) is 1. The molecule has 0 saturated carbocycles. The maximum Gasteiger partial charge on any atom is 0.258 e. The van der Waals surface area contributed by atoms with Crippen LogP contribution in [-0.2, 0) is 9.84 Å². The van der Waals surface area contributed by atoms with Gasteiger partial charge in [-0.05, 0) is 0 Å². The van der Waals surface area contributed by atoms with Gasteiger partial charge in [0, 0.05) is 24.9 Å². The van der Waals surface area contributed by atoms with Crippen molar-refractivity contribution in [3.63, 3.8) is 0 Å². The predicted molar refractivity (Wildman–Crippen MR) is 50.7 cm³/mol. The van der Waals surface area contributed by atoms with Crippen LogP contribution in [-0.4, -0.2) is 38.9 Å². The molecule has 2 aliphatic rings. The summed E-state index contributed by atoms with van der Waals surface area (Å²) in [4.78, 5) is 0. The Balaban J connectivity index is 0.000000980. The average Bonchev–Trinajstić information content (AvgIpc) is 1.93. The van der Waals surface area contributed by atoms with Gasteiger partial charge in [-0.15, -0.1) is 12.4 Å². The van der Waals surface area contributed by atoms with Gasteiger partial charge < -0.3 is 5.32 Å². The van der Waals surface area contributed by atoms with Crippen LogP contribution in [0, 0.1) is 11.8 Å². The summed E-state index contributed by atoms with van der Waals surface area (Å²) in [6.45, 7) is 0.228. The van der Waals surface area contributed by atoms with E-state index >= 15 is 0 Å². The Morgan fingerprint density at radius 2 is 1.57 bits per heavy atom. The fourth-order valence-corrected chi connectivity index (χ4v) is 4.10. The molecule has 3 nitrogen and oxygen atoms in total. The minimum Gasteiger partial charge on any atom is -0.316 e. The summed E-state index contributed by atoms with van der Waals surface area (Å²) in [7, 11) is -3.23. The topological polar surface area (TPSA) is 46.2 Å². The van der Waals surface area contributed by atoms with E-state index in [1.54, 1.807) is 0 Å². The van der Waals surface area contributed by atoms with E-state index < -0.39 is 27.6 Å². The fraction of sp³-hybridized carbons (Fsp3) is 1.00. The monoisotopic (exact) mass is 247 g/mol. The quantitative estimate of drug-likeness (QED) is 0.670. The molecule has 2 fully saturated rings. The number of hydrogen-bond donors (Lipinski definition) is 1. The number of rotatable bonds is 0. The Morgan fingerprint density at radius 3 is 2.00 bits per heavy atom. The molecule has 2 saturated heterocycles. The van der Waals surface area contributed by atoms with Gasteiger partial charge >= 0.3 is 0 Å². The molecule has 2 atom stereocenters. The fourth-order valence-electron chi connectivity index (χ4n) is 2.06. The van der Waals surface area contributed by atoms with Gasteiger partial charge in [-0.3, -0.25) is 0 Å². The number of fused-ring (bicyclic) bond motifs is 2. The zero-order valence-corrected chi connectivity index (χ0v) is 9.01. The summed E-state index contributed by atoms with van der Waals surface area (Å²) >= 11 is 0. The van der Waals surface area contributed by atoms with Crippen LogP contribution in [0.1, 0.15) is 0 Å². The Bertz CT molecular complexity index is 298. The van der Waals surface area contributed by atoms with Crippen LogP contribution in [0.25, 0.3) is 0 Å². The summed E-state index contributed by atoms with van der Waals surface area (Å²) in [5, 5.41) is 2.84. The molecule has 84 valence electrons. The Labute approximate surface area is 87.6 Å². The van der Waals surface area contributed by atoms with Crippen molar-refractivity contribution in [2.45, 2.75) is 5.92 Å². The summed E-state index contributed by atoms with van der Waals surface area (Å²) in [5.41, 5.74) is 0. The first kappa shape index (κ1) is 12.1. The first-order chi connectivity index (χ1) is 5.92. The largest absolute Gasteiger partial charge is 0.316 e. The van der Waals surface area contributed by atoms with Crippen LogP contribution in [0.15, 0.2) is 0 Å². The minimum atomic E-state index is -3.23. The maximum absolute atomic E-state index is 13.4. The lowest BCUT2D eigenvalue weighted by Gasteiger charge is -2.41. The van der Waals surface area contributed by atoms with Gasteiger partial charge in [-0.2, -0.15) is 0 Å². The number of hydrogen-bond acceptors (Lipinski definition) is 3. The van der Waals surface area contributed by atoms with Gasteiger partial charge in [0.05, 0.1) is 11.5 Å². The smallest absolute Gasteiger partial charge is 0.258 e. The standard InChI is InChI=1S/C7H11F2NO2S.ClH/c8-7(9)5-1-10-2-6(7)4-13(11,12)3-5;/h5-6,10H,1-4H2;1H. The second-order valence-electron chi connectivity index (χ2n) is 3.80. The summed E-state index contributed by atoms with van der Waals surface area (Å²) < 4.78 is 49.1. The maximum atomic E-state index is 13.4. The highest BCUT2D eigenvalue weighted by atomic mass is 35.5. The van der Waals surface area contributed by atoms with Gasteiger partial charge in [-0.25, -0.2) is 17.2 Å². The van der Waals surface area contributed by atoms with Crippen LogP contribution in [0.4, 0.5) is 8.78 Å². The van der Waals surface area contributed by atoms with Gasteiger partial charge in [0.1, 0.15) is 0 Å². The van der Waals surface area contributed by atoms with Crippen LogP contribution >= 0.6 is 12.4 Å². The predicted octanol–water partition coefficient (Wildman–Crippen LogP) is 0.307. The van der Waals surface area contributed by atoms with E-state index in [0.717, 1.165) is 0 Å². The lowest BCUT2D eigenvalue weighted by Crippen LogP contribution is -2.59. The van der Waals surface area contributed by atoms with E-state index in [4.69, 9.17) is 0 Å². The summed E-state index contributed by atoms with van der Waals surface area (Å²) in [6.07, 6.45) is 0. The molecule has 0 amide bonds. The molecule has 2 rings (SSSR count). The van der Waals surface area contributed by atoms with Crippen LogP contribution in [0.3, 0.4) is 0 Å². The lowest BCUT2D eigenvalue weighted by atomic mass is 9.88. The molecule has 1 N–H and O–H groups in total. The molecular formula is C7H12ClF2NO2S. The van der Waals surface area contributed by atoms with E-state index in [1.807, 2.05) is 0 Å². The van der Waals surface area contributed by atoms with Crippen LogP contribution in [0.2, 0.25) is 0 Å². The van der Waals surface area contributed by atoms with Gasteiger partial charge in [0.2, 0.25) is 0 Å². The SMILES string of the molecule is Cl.O=S1(=O)CC2CNCC(C1)C2(F)F. The molecule has 0 aromatic rings. The molecule has 2 heterocycles. The van der Waals surface area contributed by atoms with Gasteiger partial charge in [-0.1, -0.05) is 0 Å². The Hall–Kier alpha value is 0.0600. The highest BCUT2D eigenvalue weighted by Gasteiger charge is 2.55. The van der Waals surface area contributed by atoms with Crippen molar-refractivity contribution in [3.8, 4) is 0 Å². The zero-order chi connectivity index (χ0) is 9.69. The Kier molecular flexibility index (Phi) is 3.10.